The molecule has 0 aromatic heterocycles. The topological polar surface area (TPSA) is 55.1 Å². The van der Waals surface area contributed by atoms with Gasteiger partial charge in [-0.2, -0.15) is 0 Å². The fourth-order valence-corrected chi connectivity index (χ4v) is 1.67. The van der Waals surface area contributed by atoms with Gasteiger partial charge in [-0.3, -0.25) is 4.79 Å². The van der Waals surface area contributed by atoms with E-state index in [9.17, 15) is 9.18 Å². The van der Waals surface area contributed by atoms with Crippen LogP contribution in [0.1, 0.15) is 0 Å². The Morgan fingerprint density at radius 2 is 2.07 bits per heavy atom. The number of hydrogen-bond donors (Lipinski definition) is 2. The molecule has 0 atom stereocenters. The Labute approximate surface area is 92.2 Å². The van der Waals surface area contributed by atoms with E-state index in [-0.39, 0.29) is 11.7 Å². The number of rotatable bonds is 5. The van der Waals surface area contributed by atoms with Crippen molar-refractivity contribution in [2.24, 2.45) is 5.73 Å². The van der Waals surface area contributed by atoms with Crippen LogP contribution in [0, 0.1) is 5.82 Å². The summed E-state index contributed by atoms with van der Waals surface area (Å²) in [4.78, 5) is 12.1. The van der Waals surface area contributed by atoms with E-state index >= 15 is 0 Å². The molecule has 5 heteroatoms. The van der Waals surface area contributed by atoms with Crippen molar-refractivity contribution in [2.45, 2.75) is 4.90 Å². The fraction of sp³-hybridized carbons (Fsp3) is 0.300. The standard InChI is InChI=1S/C10H13FN2OS/c11-8-1-3-9(4-2-8)15-7-10(14)13-6-5-12/h1-4H,5-7,12H2,(H,13,14). The first-order valence-corrected chi connectivity index (χ1v) is 5.56. The van der Waals surface area contributed by atoms with Crippen molar-refractivity contribution in [2.75, 3.05) is 18.8 Å². The van der Waals surface area contributed by atoms with Crippen LogP contribution in [0.5, 0.6) is 0 Å². The molecule has 0 radical (unpaired) electrons. The molecule has 0 aliphatic heterocycles. The van der Waals surface area contributed by atoms with E-state index < -0.39 is 0 Å². The van der Waals surface area contributed by atoms with Crippen molar-refractivity contribution in [3.05, 3.63) is 30.1 Å². The summed E-state index contributed by atoms with van der Waals surface area (Å²) < 4.78 is 12.5. The monoisotopic (exact) mass is 228 g/mol. The van der Waals surface area contributed by atoms with E-state index in [1.165, 1.54) is 23.9 Å². The van der Waals surface area contributed by atoms with Gasteiger partial charge >= 0.3 is 0 Å². The average molecular weight is 228 g/mol. The van der Waals surface area contributed by atoms with Crippen LogP contribution in [0.3, 0.4) is 0 Å². The number of nitrogens with two attached hydrogens (primary N) is 1. The molecule has 3 N–H and O–H groups in total. The van der Waals surface area contributed by atoms with Crippen LogP contribution in [-0.4, -0.2) is 24.7 Å². The first-order chi connectivity index (χ1) is 7.22. The lowest BCUT2D eigenvalue weighted by Gasteiger charge is -2.03. The largest absolute Gasteiger partial charge is 0.354 e. The zero-order valence-electron chi connectivity index (χ0n) is 8.20. The molecule has 0 saturated heterocycles. The van der Waals surface area contributed by atoms with Crippen LogP contribution < -0.4 is 11.1 Å². The van der Waals surface area contributed by atoms with Gasteiger partial charge in [0.05, 0.1) is 5.75 Å². The van der Waals surface area contributed by atoms with Crippen LogP contribution in [0.15, 0.2) is 29.2 Å². The van der Waals surface area contributed by atoms with Crippen LogP contribution in [0.25, 0.3) is 0 Å². The molecule has 1 aromatic rings. The molecular formula is C10H13FN2OS. The minimum atomic E-state index is -0.271. The number of halogens is 1. The zero-order valence-corrected chi connectivity index (χ0v) is 9.02. The zero-order chi connectivity index (χ0) is 11.1. The Morgan fingerprint density at radius 3 is 2.67 bits per heavy atom. The van der Waals surface area contributed by atoms with Crippen LogP contribution in [0.2, 0.25) is 0 Å². The maximum Gasteiger partial charge on any atom is 0.230 e. The number of thioether (sulfide) groups is 1. The Kier molecular flexibility index (Phi) is 5.14. The lowest BCUT2D eigenvalue weighted by molar-refractivity contribution is -0.118. The van der Waals surface area contributed by atoms with Gasteiger partial charge in [0.1, 0.15) is 5.82 Å². The summed E-state index contributed by atoms with van der Waals surface area (Å²) in [6.07, 6.45) is 0. The maximum atomic E-state index is 12.5. The summed E-state index contributed by atoms with van der Waals surface area (Å²) in [5, 5.41) is 2.66. The van der Waals surface area contributed by atoms with Gasteiger partial charge in [0.15, 0.2) is 0 Å². The maximum absolute atomic E-state index is 12.5. The summed E-state index contributed by atoms with van der Waals surface area (Å²) in [6, 6.07) is 6.05. The molecule has 0 heterocycles. The quantitative estimate of drug-likeness (QED) is 0.739. The molecule has 0 aliphatic rings. The molecule has 0 saturated carbocycles. The first kappa shape index (κ1) is 12.0. The second kappa shape index (κ2) is 6.42. The average Bonchev–Trinajstić information content (AvgIpc) is 2.25. The number of carbonyl (C=O) groups excluding carboxylic acids is 1. The smallest absolute Gasteiger partial charge is 0.230 e. The third-order valence-electron chi connectivity index (χ3n) is 1.65. The first-order valence-electron chi connectivity index (χ1n) is 4.57. The highest BCUT2D eigenvalue weighted by atomic mass is 32.2. The molecule has 0 bridgehead atoms. The summed E-state index contributed by atoms with van der Waals surface area (Å²) >= 11 is 1.37. The van der Waals surface area contributed by atoms with Gasteiger partial charge in [0.2, 0.25) is 5.91 Å². The van der Waals surface area contributed by atoms with Crippen LogP contribution in [0.4, 0.5) is 4.39 Å². The number of carbonyl (C=O) groups is 1. The van der Waals surface area contributed by atoms with Gasteiger partial charge in [0, 0.05) is 18.0 Å². The summed E-state index contributed by atoms with van der Waals surface area (Å²) in [7, 11) is 0. The van der Waals surface area contributed by atoms with Gasteiger partial charge in [-0.05, 0) is 24.3 Å². The van der Waals surface area contributed by atoms with Gasteiger partial charge in [-0.25, -0.2) is 4.39 Å². The molecule has 0 aliphatic carbocycles. The molecule has 0 fully saturated rings. The number of hydrogen-bond acceptors (Lipinski definition) is 3. The molecule has 0 spiro atoms. The third kappa shape index (κ3) is 4.80. The minimum Gasteiger partial charge on any atom is -0.354 e. The van der Waals surface area contributed by atoms with Gasteiger partial charge < -0.3 is 11.1 Å². The second-order valence-electron chi connectivity index (χ2n) is 2.88. The van der Waals surface area contributed by atoms with Gasteiger partial charge in [0.25, 0.3) is 0 Å². The second-order valence-corrected chi connectivity index (χ2v) is 3.93. The van der Waals surface area contributed by atoms with Crippen molar-refractivity contribution in [1.82, 2.24) is 5.32 Å². The van der Waals surface area contributed by atoms with Crippen molar-refractivity contribution in [3.8, 4) is 0 Å². The molecule has 0 unspecified atom stereocenters. The van der Waals surface area contributed by atoms with Gasteiger partial charge in [-0.15, -0.1) is 11.8 Å². The number of amides is 1. The Hall–Kier alpha value is -1.07. The Morgan fingerprint density at radius 1 is 1.40 bits per heavy atom. The van der Waals surface area contributed by atoms with Crippen molar-refractivity contribution >= 4 is 17.7 Å². The molecule has 1 rings (SSSR count). The molecular weight excluding hydrogens is 215 g/mol. The van der Waals surface area contributed by atoms with E-state index in [1.807, 2.05) is 0 Å². The third-order valence-corrected chi connectivity index (χ3v) is 2.66. The number of nitrogens with one attached hydrogen (secondary N) is 1. The van der Waals surface area contributed by atoms with E-state index in [0.29, 0.717) is 18.8 Å². The number of benzene rings is 1. The Bertz CT molecular complexity index is 316. The summed E-state index contributed by atoms with van der Waals surface area (Å²) in [5.41, 5.74) is 5.24. The van der Waals surface area contributed by atoms with Crippen molar-refractivity contribution in [1.29, 1.82) is 0 Å². The van der Waals surface area contributed by atoms with Crippen LogP contribution >= 0.6 is 11.8 Å². The highest BCUT2D eigenvalue weighted by Gasteiger charge is 2.01. The minimum absolute atomic E-state index is 0.0604. The molecule has 82 valence electrons. The van der Waals surface area contributed by atoms with Crippen LogP contribution in [-0.2, 0) is 4.79 Å². The highest BCUT2D eigenvalue weighted by molar-refractivity contribution is 8.00. The highest BCUT2D eigenvalue weighted by Crippen LogP contribution is 2.17. The molecule has 3 nitrogen and oxygen atoms in total. The van der Waals surface area contributed by atoms with E-state index in [2.05, 4.69) is 5.32 Å². The van der Waals surface area contributed by atoms with E-state index in [1.54, 1.807) is 12.1 Å². The van der Waals surface area contributed by atoms with E-state index in [4.69, 9.17) is 5.73 Å². The van der Waals surface area contributed by atoms with E-state index in [0.717, 1.165) is 4.90 Å². The lowest BCUT2D eigenvalue weighted by Crippen LogP contribution is -2.30. The lowest BCUT2D eigenvalue weighted by atomic mass is 10.4. The van der Waals surface area contributed by atoms with Gasteiger partial charge in [-0.1, -0.05) is 0 Å². The fourth-order valence-electron chi connectivity index (χ4n) is 0.942. The normalized spacial score (nSPS) is 10.0. The predicted molar refractivity (Wildman–Crippen MR) is 59.2 cm³/mol. The van der Waals surface area contributed by atoms with Crippen molar-refractivity contribution < 1.29 is 9.18 Å². The molecule has 15 heavy (non-hydrogen) atoms. The molecule has 1 amide bonds. The van der Waals surface area contributed by atoms with Crippen molar-refractivity contribution in [3.63, 3.8) is 0 Å². The SMILES string of the molecule is NCCNC(=O)CSc1ccc(F)cc1. The Balaban J connectivity index is 2.30. The summed E-state index contributed by atoms with van der Waals surface area (Å²) in [5.74, 6) is -0.00672. The predicted octanol–water partition coefficient (Wildman–Crippen LogP) is 0.993. The summed E-state index contributed by atoms with van der Waals surface area (Å²) in [6.45, 7) is 0.926. The molecule has 1 aromatic carbocycles.